The third-order valence-corrected chi connectivity index (χ3v) is 5.53. The minimum atomic E-state index is -0.283. The van der Waals surface area contributed by atoms with Crippen molar-refractivity contribution in [3.8, 4) is 11.5 Å². The number of carbonyl (C=O) groups is 1. The summed E-state index contributed by atoms with van der Waals surface area (Å²) in [5.41, 5.74) is 2.90. The molecular formula is C22H20BrFN2O3. The molecule has 2 aromatic rings. The molecule has 0 unspecified atom stereocenters. The predicted molar refractivity (Wildman–Crippen MR) is 114 cm³/mol. The van der Waals surface area contributed by atoms with E-state index in [1.807, 2.05) is 6.20 Å². The fourth-order valence-corrected chi connectivity index (χ4v) is 3.70. The number of methoxy groups -OCH3 is 1. The van der Waals surface area contributed by atoms with Crippen molar-refractivity contribution in [2.75, 3.05) is 19.0 Å². The number of fused-ring (bicyclic) bond motifs is 2. The average Bonchev–Trinajstić information content (AvgIpc) is 3.11. The third-order valence-electron chi connectivity index (χ3n) is 4.96. The third kappa shape index (κ3) is 3.92. The largest absolute Gasteiger partial charge is 0.493 e. The summed E-state index contributed by atoms with van der Waals surface area (Å²) >= 11 is 3.38. The van der Waals surface area contributed by atoms with Crippen LogP contribution in [0.5, 0.6) is 11.5 Å². The molecular weight excluding hydrogens is 439 g/mol. The van der Waals surface area contributed by atoms with Crippen molar-refractivity contribution < 1.29 is 18.7 Å². The van der Waals surface area contributed by atoms with Crippen LogP contribution < -0.4 is 9.47 Å². The molecule has 150 valence electrons. The first-order valence-corrected chi connectivity index (χ1v) is 10.5. The van der Waals surface area contributed by atoms with E-state index < -0.39 is 0 Å². The van der Waals surface area contributed by atoms with Gasteiger partial charge in [0, 0.05) is 30.2 Å². The Hall–Kier alpha value is -2.67. The highest BCUT2D eigenvalue weighted by atomic mass is 79.9. The number of alkyl halides is 1. The van der Waals surface area contributed by atoms with Crippen molar-refractivity contribution in [1.82, 2.24) is 4.90 Å². The Labute approximate surface area is 177 Å². The molecule has 0 spiro atoms. The van der Waals surface area contributed by atoms with Crippen molar-refractivity contribution in [1.29, 1.82) is 0 Å². The molecule has 2 heterocycles. The zero-order chi connectivity index (χ0) is 20.4. The smallest absolute Gasteiger partial charge is 0.260 e. The lowest BCUT2D eigenvalue weighted by Crippen LogP contribution is -2.32. The highest BCUT2D eigenvalue weighted by molar-refractivity contribution is 9.09. The molecule has 1 atom stereocenters. The van der Waals surface area contributed by atoms with Crippen molar-refractivity contribution in [3.63, 3.8) is 0 Å². The van der Waals surface area contributed by atoms with Gasteiger partial charge in [0.1, 0.15) is 5.82 Å². The number of aliphatic imine (C=N–C) groups is 1. The van der Waals surface area contributed by atoms with E-state index in [-0.39, 0.29) is 17.8 Å². The van der Waals surface area contributed by atoms with E-state index in [9.17, 15) is 9.18 Å². The molecule has 0 fully saturated rings. The van der Waals surface area contributed by atoms with E-state index in [0.717, 1.165) is 22.9 Å². The van der Waals surface area contributed by atoms with Gasteiger partial charge >= 0.3 is 0 Å². The van der Waals surface area contributed by atoms with Gasteiger partial charge < -0.3 is 14.4 Å². The van der Waals surface area contributed by atoms with Crippen molar-refractivity contribution in [2.45, 2.75) is 18.9 Å². The number of benzene rings is 2. The van der Waals surface area contributed by atoms with Gasteiger partial charge in [0.05, 0.1) is 31.0 Å². The molecule has 2 aliphatic heterocycles. The van der Waals surface area contributed by atoms with Crippen LogP contribution in [0.15, 0.2) is 47.6 Å². The lowest BCUT2D eigenvalue weighted by atomic mass is 10.0. The fourth-order valence-electron chi connectivity index (χ4n) is 3.47. The summed E-state index contributed by atoms with van der Waals surface area (Å²) in [5, 5.41) is 0.844. The lowest BCUT2D eigenvalue weighted by Gasteiger charge is -2.19. The molecule has 4 rings (SSSR count). The first kappa shape index (κ1) is 19.6. The Morgan fingerprint density at radius 1 is 1.24 bits per heavy atom. The summed E-state index contributed by atoms with van der Waals surface area (Å²) in [6, 6.07) is 9.55. The summed E-state index contributed by atoms with van der Waals surface area (Å²) < 4.78 is 24.4. The highest BCUT2D eigenvalue weighted by Crippen LogP contribution is 2.39. The number of rotatable bonds is 6. The van der Waals surface area contributed by atoms with Crippen molar-refractivity contribution >= 4 is 39.3 Å². The van der Waals surface area contributed by atoms with E-state index in [4.69, 9.17) is 9.47 Å². The molecule has 5 nitrogen and oxygen atoms in total. The Morgan fingerprint density at radius 3 is 2.76 bits per heavy atom. The van der Waals surface area contributed by atoms with Crippen LogP contribution in [0.1, 0.15) is 28.8 Å². The van der Waals surface area contributed by atoms with E-state index in [0.29, 0.717) is 35.8 Å². The van der Waals surface area contributed by atoms with Crippen LogP contribution in [0.4, 0.5) is 10.1 Å². The van der Waals surface area contributed by atoms with Crippen LogP contribution in [0.3, 0.4) is 0 Å². The fraction of sp³-hybridized carbons (Fsp3) is 0.273. The van der Waals surface area contributed by atoms with Gasteiger partial charge in [-0.2, -0.15) is 0 Å². The van der Waals surface area contributed by atoms with Gasteiger partial charge in [0.25, 0.3) is 5.91 Å². The van der Waals surface area contributed by atoms with Crippen LogP contribution in [0, 0.1) is 5.82 Å². The van der Waals surface area contributed by atoms with Crippen LogP contribution >= 0.6 is 15.9 Å². The number of amides is 1. The molecule has 0 N–H and O–H groups in total. The number of hydrogen-bond acceptors (Lipinski definition) is 4. The van der Waals surface area contributed by atoms with Crippen LogP contribution in [0.2, 0.25) is 0 Å². The SMILES string of the molecule is COc1cc2c(cc1OCCCBr)N=C[C@@H]1CC(c3ccc(F)cc3)=CN1C2=O. The zero-order valence-corrected chi connectivity index (χ0v) is 17.5. The minimum Gasteiger partial charge on any atom is -0.493 e. The van der Waals surface area contributed by atoms with Crippen LogP contribution in [-0.4, -0.2) is 42.1 Å². The minimum absolute atomic E-state index is 0.148. The Kier molecular flexibility index (Phi) is 5.67. The maximum absolute atomic E-state index is 13.2. The zero-order valence-electron chi connectivity index (χ0n) is 15.9. The number of halogens is 2. The molecule has 0 aromatic heterocycles. The van der Waals surface area contributed by atoms with Gasteiger partial charge in [-0.15, -0.1) is 0 Å². The first-order valence-electron chi connectivity index (χ1n) is 9.35. The molecule has 29 heavy (non-hydrogen) atoms. The second kappa shape index (κ2) is 8.37. The summed E-state index contributed by atoms with van der Waals surface area (Å²) in [5.74, 6) is 0.642. The van der Waals surface area contributed by atoms with Crippen LogP contribution in [0.25, 0.3) is 5.57 Å². The first-order chi connectivity index (χ1) is 14.1. The summed E-state index contributed by atoms with van der Waals surface area (Å²) in [4.78, 5) is 19.5. The monoisotopic (exact) mass is 458 g/mol. The van der Waals surface area contributed by atoms with Gasteiger partial charge in [-0.1, -0.05) is 28.1 Å². The Balaban J connectivity index is 1.65. The molecule has 0 saturated carbocycles. The summed E-state index contributed by atoms with van der Waals surface area (Å²) in [6.07, 6.45) is 5.09. The van der Waals surface area contributed by atoms with Gasteiger partial charge in [0.2, 0.25) is 0 Å². The topological polar surface area (TPSA) is 51.1 Å². The highest BCUT2D eigenvalue weighted by Gasteiger charge is 2.33. The van der Waals surface area contributed by atoms with Crippen molar-refractivity contribution in [2.24, 2.45) is 4.99 Å². The number of hydrogen-bond donors (Lipinski definition) is 0. The molecule has 0 radical (unpaired) electrons. The maximum atomic E-state index is 13.2. The molecule has 1 amide bonds. The molecule has 0 aliphatic carbocycles. The molecule has 2 aromatic carbocycles. The van der Waals surface area contributed by atoms with E-state index >= 15 is 0 Å². The summed E-state index contributed by atoms with van der Waals surface area (Å²) in [7, 11) is 1.55. The normalized spacial score (nSPS) is 17.5. The van der Waals surface area contributed by atoms with Gasteiger partial charge in [0.15, 0.2) is 11.5 Å². The molecule has 2 aliphatic rings. The average molecular weight is 459 g/mol. The van der Waals surface area contributed by atoms with E-state index in [1.54, 1.807) is 42.5 Å². The predicted octanol–water partition coefficient (Wildman–Crippen LogP) is 4.97. The number of carbonyl (C=O) groups excluding carboxylic acids is 1. The van der Waals surface area contributed by atoms with Crippen LogP contribution in [-0.2, 0) is 0 Å². The van der Waals surface area contributed by atoms with Gasteiger partial charge in [-0.25, -0.2) is 4.39 Å². The van der Waals surface area contributed by atoms with Gasteiger partial charge in [-0.05, 0) is 35.8 Å². The van der Waals surface area contributed by atoms with E-state index in [2.05, 4.69) is 20.9 Å². The lowest BCUT2D eigenvalue weighted by molar-refractivity contribution is 0.0817. The molecule has 0 bridgehead atoms. The second-order valence-electron chi connectivity index (χ2n) is 6.83. The Bertz CT molecular complexity index is 988. The Morgan fingerprint density at radius 2 is 2.03 bits per heavy atom. The second-order valence-corrected chi connectivity index (χ2v) is 7.63. The standard InChI is InChI=1S/C22H20BrFN2O3/c1-28-20-10-18-19(11-21(20)29-8-2-7-23)25-12-17-9-15(13-26(17)22(18)27)14-3-5-16(24)6-4-14/h3-6,10-13,17H,2,7-9H2,1H3/t17-/m0/s1. The molecule has 0 saturated heterocycles. The van der Waals surface area contributed by atoms with Crippen molar-refractivity contribution in [3.05, 3.63) is 59.5 Å². The summed E-state index contributed by atoms with van der Waals surface area (Å²) in [6.45, 7) is 0.538. The quantitative estimate of drug-likeness (QED) is 0.453. The number of nitrogens with zero attached hydrogens (tertiary/aromatic N) is 2. The van der Waals surface area contributed by atoms with E-state index in [1.165, 1.54) is 12.1 Å². The number of ether oxygens (including phenoxy) is 2. The maximum Gasteiger partial charge on any atom is 0.260 e. The molecule has 7 heteroatoms. The van der Waals surface area contributed by atoms with Gasteiger partial charge in [-0.3, -0.25) is 9.79 Å².